The third kappa shape index (κ3) is 4.11. The molecule has 0 unspecified atom stereocenters. The number of methoxy groups -OCH3 is 1. The van der Waals surface area contributed by atoms with Gasteiger partial charge in [0.05, 0.1) is 23.5 Å². The van der Waals surface area contributed by atoms with Crippen LogP contribution >= 0.6 is 11.3 Å². The number of amides is 2. The molecule has 3 rings (SSSR count). The number of benzene rings is 1. The Morgan fingerprint density at radius 1 is 1.19 bits per heavy atom. The van der Waals surface area contributed by atoms with Gasteiger partial charge in [0.2, 0.25) is 5.91 Å². The van der Waals surface area contributed by atoms with Crippen LogP contribution in [0.3, 0.4) is 0 Å². The Morgan fingerprint density at radius 2 is 1.96 bits per heavy atom. The third-order valence-corrected chi connectivity index (χ3v) is 5.24. The van der Waals surface area contributed by atoms with Crippen molar-refractivity contribution >= 4 is 34.8 Å². The van der Waals surface area contributed by atoms with Crippen molar-refractivity contribution in [1.29, 1.82) is 0 Å². The van der Waals surface area contributed by atoms with Crippen LogP contribution in [0, 0.1) is 5.92 Å². The molecule has 26 heavy (non-hydrogen) atoms. The first-order chi connectivity index (χ1) is 12.6. The summed E-state index contributed by atoms with van der Waals surface area (Å²) in [7, 11) is 1.32. The monoisotopic (exact) mass is 372 g/mol. The van der Waals surface area contributed by atoms with E-state index in [-0.39, 0.29) is 17.7 Å². The highest BCUT2D eigenvalue weighted by Crippen LogP contribution is 2.22. The molecule has 6 nitrogen and oxygen atoms in total. The summed E-state index contributed by atoms with van der Waals surface area (Å²) in [4.78, 5) is 38.9. The zero-order valence-electron chi connectivity index (χ0n) is 14.4. The van der Waals surface area contributed by atoms with Crippen LogP contribution < -0.4 is 5.32 Å². The second kappa shape index (κ2) is 8.14. The molecule has 2 amide bonds. The molecule has 0 radical (unpaired) electrons. The predicted octanol–water partition coefficient (Wildman–Crippen LogP) is 3.03. The topological polar surface area (TPSA) is 75.7 Å². The van der Waals surface area contributed by atoms with Gasteiger partial charge in [-0.05, 0) is 48.6 Å². The van der Waals surface area contributed by atoms with E-state index in [1.807, 2.05) is 11.4 Å². The minimum Gasteiger partial charge on any atom is -0.465 e. The molecule has 1 aliphatic heterocycles. The molecule has 1 aromatic heterocycles. The van der Waals surface area contributed by atoms with Gasteiger partial charge in [0.1, 0.15) is 0 Å². The number of carbonyl (C=O) groups is 3. The lowest BCUT2D eigenvalue weighted by molar-refractivity contribution is -0.121. The molecule has 2 aromatic rings. The van der Waals surface area contributed by atoms with E-state index < -0.39 is 5.97 Å². The first kappa shape index (κ1) is 18.1. The van der Waals surface area contributed by atoms with E-state index in [0.29, 0.717) is 29.2 Å². The number of rotatable bonds is 4. The molecule has 1 aromatic carbocycles. The van der Waals surface area contributed by atoms with Gasteiger partial charge in [-0.2, -0.15) is 0 Å². The van der Waals surface area contributed by atoms with Gasteiger partial charge in [0, 0.05) is 18.8 Å². The van der Waals surface area contributed by atoms with Crippen molar-refractivity contribution in [1.82, 2.24) is 4.90 Å². The second-order valence-corrected chi connectivity index (χ2v) is 7.07. The molecular weight excluding hydrogens is 352 g/mol. The minimum atomic E-state index is -0.419. The van der Waals surface area contributed by atoms with Crippen molar-refractivity contribution in [2.75, 3.05) is 25.5 Å². The van der Waals surface area contributed by atoms with E-state index in [1.54, 1.807) is 35.2 Å². The van der Waals surface area contributed by atoms with E-state index in [4.69, 9.17) is 0 Å². The van der Waals surface area contributed by atoms with Gasteiger partial charge in [0.25, 0.3) is 5.91 Å². The zero-order valence-corrected chi connectivity index (χ0v) is 15.3. The highest BCUT2D eigenvalue weighted by molar-refractivity contribution is 7.12. The average Bonchev–Trinajstić information content (AvgIpc) is 3.22. The molecule has 1 N–H and O–H groups in total. The van der Waals surface area contributed by atoms with Crippen LogP contribution in [0.25, 0.3) is 0 Å². The first-order valence-corrected chi connectivity index (χ1v) is 9.28. The minimum absolute atomic E-state index is 0.0140. The number of hydrogen-bond acceptors (Lipinski definition) is 5. The Kier molecular flexibility index (Phi) is 5.68. The molecule has 0 aliphatic carbocycles. The van der Waals surface area contributed by atoms with Crippen molar-refractivity contribution in [2.45, 2.75) is 12.8 Å². The Bertz CT molecular complexity index is 786. The van der Waals surface area contributed by atoms with Gasteiger partial charge < -0.3 is 15.0 Å². The number of likely N-dealkylation sites (tertiary alicyclic amines) is 1. The fourth-order valence-electron chi connectivity index (χ4n) is 2.98. The lowest BCUT2D eigenvalue weighted by atomic mass is 9.96. The van der Waals surface area contributed by atoms with E-state index in [9.17, 15) is 14.4 Å². The van der Waals surface area contributed by atoms with Crippen molar-refractivity contribution in [3.63, 3.8) is 0 Å². The second-order valence-electron chi connectivity index (χ2n) is 6.13. The molecule has 1 fully saturated rings. The maximum absolute atomic E-state index is 12.6. The number of anilines is 1. The van der Waals surface area contributed by atoms with Crippen LogP contribution in [-0.2, 0) is 9.53 Å². The van der Waals surface area contributed by atoms with Gasteiger partial charge in [0.15, 0.2) is 0 Å². The number of nitrogens with zero attached hydrogens (tertiary/aromatic N) is 1. The molecule has 1 atom stereocenters. The van der Waals surface area contributed by atoms with Crippen LogP contribution in [0.2, 0.25) is 0 Å². The summed E-state index contributed by atoms with van der Waals surface area (Å²) in [5.41, 5.74) is 1.04. The molecule has 7 heteroatoms. The molecule has 0 spiro atoms. The SMILES string of the molecule is COC(=O)c1ccc(NC(=O)[C@@H]2CCCN(C(=O)c3cccs3)C2)cc1. The number of esters is 1. The van der Waals surface area contributed by atoms with Crippen molar-refractivity contribution in [2.24, 2.45) is 5.92 Å². The number of thiophene rings is 1. The van der Waals surface area contributed by atoms with E-state index in [0.717, 1.165) is 12.8 Å². The summed E-state index contributed by atoms with van der Waals surface area (Å²) < 4.78 is 4.65. The van der Waals surface area contributed by atoms with Crippen LogP contribution in [-0.4, -0.2) is 42.9 Å². The highest BCUT2D eigenvalue weighted by atomic mass is 32.1. The van der Waals surface area contributed by atoms with Crippen LogP contribution in [0.5, 0.6) is 0 Å². The molecule has 1 saturated heterocycles. The van der Waals surface area contributed by atoms with Gasteiger partial charge >= 0.3 is 5.97 Å². The standard InChI is InChI=1S/C19H20N2O4S/c1-25-19(24)13-6-8-15(9-7-13)20-17(22)14-4-2-10-21(12-14)18(23)16-5-3-11-26-16/h3,5-9,11,14H,2,4,10,12H2,1H3,(H,20,22)/t14-/m1/s1. The zero-order chi connectivity index (χ0) is 18.5. The van der Waals surface area contributed by atoms with E-state index in [2.05, 4.69) is 10.1 Å². The van der Waals surface area contributed by atoms with Gasteiger partial charge in [-0.15, -0.1) is 11.3 Å². The summed E-state index contributed by atoms with van der Waals surface area (Å²) >= 11 is 1.41. The van der Waals surface area contributed by atoms with Gasteiger partial charge in [-0.1, -0.05) is 6.07 Å². The van der Waals surface area contributed by atoms with Gasteiger partial charge in [-0.25, -0.2) is 4.79 Å². The Balaban J connectivity index is 1.60. The number of carbonyl (C=O) groups excluding carboxylic acids is 3. The Hall–Kier alpha value is -2.67. The number of piperidine rings is 1. The quantitative estimate of drug-likeness (QED) is 0.837. The highest BCUT2D eigenvalue weighted by Gasteiger charge is 2.29. The number of nitrogens with one attached hydrogen (secondary N) is 1. The van der Waals surface area contributed by atoms with Crippen LogP contribution in [0.15, 0.2) is 41.8 Å². The largest absolute Gasteiger partial charge is 0.465 e. The summed E-state index contributed by atoms with van der Waals surface area (Å²) in [6.45, 7) is 1.09. The molecule has 0 bridgehead atoms. The van der Waals surface area contributed by atoms with Crippen molar-refractivity contribution in [3.8, 4) is 0 Å². The maximum atomic E-state index is 12.6. The fraction of sp³-hybridized carbons (Fsp3) is 0.316. The summed E-state index contributed by atoms with van der Waals surface area (Å²) in [6, 6.07) is 10.2. The Morgan fingerprint density at radius 3 is 2.62 bits per heavy atom. The lowest BCUT2D eigenvalue weighted by Gasteiger charge is -2.31. The van der Waals surface area contributed by atoms with E-state index in [1.165, 1.54) is 18.4 Å². The Labute approximate surface area is 155 Å². The number of hydrogen-bond donors (Lipinski definition) is 1. The smallest absolute Gasteiger partial charge is 0.337 e. The molecule has 1 aliphatic rings. The summed E-state index contributed by atoms with van der Waals surface area (Å²) in [5.74, 6) is -0.787. The summed E-state index contributed by atoms with van der Waals surface area (Å²) in [6.07, 6.45) is 1.55. The number of ether oxygens (including phenoxy) is 1. The lowest BCUT2D eigenvalue weighted by Crippen LogP contribution is -2.43. The first-order valence-electron chi connectivity index (χ1n) is 8.40. The fourth-order valence-corrected chi connectivity index (χ4v) is 3.67. The van der Waals surface area contributed by atoms with Crippen LogP contribution in [0.4, 0.5) is 5.69 Å². The van der Waals surface area contributed by atoms with Gasteiger partial charge in [-0.3, -0.25) is 9.59 Å². The van der Waals surface area contributed by atoms with Crippen molar-refractivity contribution < 1.29 is 19.1 Å². The predicted molar refractivity (Wildman–Crippen MR) is 99.4 cm³/mol. The maximum Gasteiger partial charge on any atom is 0.337 e. The molecular formula is C19H20N2O4S. The normalized spacial score (nSPS) is 16.8. The van der Waals surface area contributed by atoms with E-state index >= 15 is 0 Å². The summed E-state index contributed by atoms with van der Waals surface area (Å²) in [5, 5.41) is 4.74. The third-order valence-electron chi connectivity index (χ3n) is 4.38. The molecule has 0 saturated carbocycles. The molecule has 2 heterocycles. The molecule has 136 valence electrons. The van der Waals surface area contributed by atoms with Crippen LogP contribution in [0.1, 0.15) is 32.9 Å². The average molecular weight is 372 g/mol. The van der Waals surface area contributed by atoms with Crippen molar-refractivity contribution in [3.05, 3.63) is 52.2 Å².